The molecule has 1 atom stereocenters. The molecule has 138 valence electrons. The van der Waals surface area contributed by atoms with E-state index in [1.54, 1.807) is 18.5 Å². The molecule has 1 unspecified atom stereocenters. The lowest BCUT2D eigenvalue weighted by Crippen LogP contribution is -2.42. The SMILES string of the molecule is O=C(NNc1ncccn1)NC1CCCc2c1cnn2Cc1ccccc1. The Morgan fingerprint density at radius 1 is 1.15 bits per heavy atom. The molecule has 1 aliphatic carbocycles. The number of nitrogens with zero attached hydrogens (tertiary/aromatic N) is 4. The maximum Gasteiger partial charge on any atom is 0.333 e. The van der Waals surface area contributed by atoms with Crippen LogP contribution in [0, 0.1) is 0 Å². The van der Waals surface area contributed by atoms with Gasteiger partial charge in [0.05, 0.1) is 18.8 Å². The summed E-state index contributed by atoms with van der Waals surface area (Å²) >= 11 is 0. The fraction of sp³-hybridized carbons (Fsp3) is 0.263. The quantitative estimate of drug-likeness (QED) is 0.605. The van der Waals surface area contributed by atoms with Crippen LogP contribution < -0.4 is 16.2 Å². The number of hydrogen-bond acceptors (Lipinski definition) is 5. The third-order valence-corrected chi connectivity index (χ3v) is 4.60. The normalized spacial score (nSPS) is 15.6. The lowest BCUT2D eigenvalue weighted by Gasteiger charge is -2.24. The van der Waals surface area contributed by atoms with E-state index < -0.39 is 0 Å². The first-order valence-electron chi connectivity index (χ1n) is 8.97. The topological polar surface area (TPSA) is 96.8 Å². The Morgan fingerprint density at radius 2 is 1.96 bits per heavy atom. The lowest BCUT2D eigenvalue weighted by atomic mass is 9.93. The van der Waals surface area contributed by atoms with Crippen LogP contribution in [-0.4, -0.2) is 25.8 Å². The summed E-state index contributed by atoms with van der Waals surface area (Å²) in [7, 11) is 0. The van der Waals surface area contributed by atoms with Crippen LogP contribution in [-0.2, 0) is 13.0 Å². The van der Waals surface area contributed by atoms with E-state index in [1.807, 2.05) is 29.1 Å². The van der Waals surface area contributed by atoms with Crippen molar-refractivity contribution < 1.29 is 4.79 Å². The molecule has 2 heterocycles. The third-order valence-electron chi connectivity index (χ3n) is 4.60. The molecule has 8 heteroatoms. The van der Waals surface area contributed by atoms with Crippen LogP contribution in [0.4, 0.5) is 10.7 Å². The predicted molar refractivity (Wildman–Crippen MR) is 101 cm³/mol. The Labute approximate surface area is 157 Å². The molecule has 1 aromatic carbocycles. The van der Waals surface area contributed by atoms with Gasteiger partial charge in [0.25, 0.3) is 0 Å². The maximum atomic E-state index is 12.2. The molecule has 0 saturated carbocycles. The average molecular weight is 363 g/mol. The number of hydrazine groups is 1. The number of nitrogens with one attached hydrogen (secondary N) is 3. The Bertz CT molecular complexity index is 895. The van der Waals surface area contributed by atoms with Crippen molar-refractivity contribution in [3.05, 3.63) is 71.8 Å². The van der Waals surface area contributed by atoms with Gasteiger partial charge in [-0.05, 0) is 30.9 Å². The van der Waals surface area contributed by atoms with Gasteiger partial charge in [0.1, 0.15) is 0 Å². The van der Waals surface area contributed by atoms with E-state index in [4.69, 9.17) is 0 Å². The monoisotopic (exact) mass is 363 g/mol. The van der Waals surface area contributed by atoms with Gasteiger partial charge in [0.2, 0.25) is 5.95 Å². The molecule has 2 amide bonds. The molecule has 3 N–H and O–H groups in total. The summed E-state index contributed by atoms with van der Waals surface area (Å²) in [5.74, 6) is 0.340. The molecular weight excluding hydrogens is 342 g/mol. The summed E-state index contributed by atoms with van der Waals surface area (Å²) in [5, 5.41) is 7.55. The van der Waals surface area contributed by atoms with Crippen molar-refractivity contribution in [2.24, 2.45) is 0 Å². The maximum absolute atomic E-state index is 12.2. The molecule has 2 aromatic heterocycles. The molecule has 0 aliphatic heterocycles. The zero-order valence-corrected chi connectivity index (χ0v) is 14.8. The van der Waals surface area contributed by atoms with Gasteiger partial charge in [0.15, 0.2) is 0 Å². The molecule has 1 aliphatic rings. The minimum Gasteiger partial charge on any atom is -0.330 e. The van der Waals surface area contributed by atoms with Crippen molar-refractivity contribution in [2.75, 3.05) is 5.43 Å². The van der Waals surface area contributed by atoms with Gasteiger partial charge < -0.3 is 5.32 Å². The molecule has 4 rings (SSSR count). The minimum atomic E-state index is -0.323. The number of anilines is 1. The van der Waals surface area contributed by atoms with Crippen LogP contribution >= 0.6 is 0 Å². The van der Waals surface area contributed by atoms with E-state index in [1.165, 1.54) is 11.3 Å². The smallest absolute Gasteiger partial charge is 0.330 e. The Hall–Kier alpha value is -3.42. The molecule has 27 heavy (non-hydrogen) atoms. The first kappa shape index (κ1) is 17.0. The van der Waals surface area contributed by atoms with Crippen LogP contribution in [0.3, 0.4) is 0 Å². The summed E-state index contributed by atoms with van der Waals surface area (Å²) in [6.07, 6.45) is 7.94. The Morgan fingerprint density at radius 3 is 2.78 bits per heavy atom. The van der Waals surface area contributed by atoms with Crippen LogP contribution in [0.25, 0.3) is 0 Å². The first-order valence-corrected chi connectivity index (χ1v) is 8.97. The number of amides is 2. The van der Waals surface area contributed by atoms with Crippen molar-refractivity contribution in [2.45, 2.75) is 31.8 Å². The van der Waals surface area contributed by atoms with E-state index in [9.17, 15) is 4.79 Å². The molecule has 0 bridgehead atoms. The Balaban J connectivity index is 1.40. The van der Waals surface area contributed by atoms with E-state index in [0.29, 0.717) is 5.95 Å². The van der Waals surface area contributed by atoms with Gasteiger partial charge in [-0.1, -0.05) is 30.3 Å². The lowest BCUT2D eigenvalue weighted by molar-refractivity contribution is 0.237. The zero-order chi connectivity index (χ0) is 18.5. The minimum absolute atomic E-state index is 0.0586. The van der Waals surface area contributed by atoms with Crippen molar-refractivity contribution in [3.8, 4) is 0 Å². The second-order valence-electron chi connectivity index (χ2n) is 6.43. The summed E-state index contributed by atoms with van der Waals surface area (Å²) in [5.41, 5.74) is 8.75. The second kappa shape index (κ2) is 7.86. The zero-order valence-electron chi connectivity index (χ0n) is 14.8. The third kappa shape index (κ3) is 4.05. The van der Waals surface area contributed by atoms with Gasteiger partial charge in [-0.3, -0.25) is 10.1 Å². The van der Waals surface area contributed by atoms with E-state index in [-0.39, 0.29) is 12.1 Å². The molecule has 0 fully saturated rings. The second-order valence-corrected chi connectivity index (χ2v) is 6.43. The van der Waals surface area contributed by atoms with Gasteiger partial charge in [-0.15, -0.1) is 0 Å². The summed E-state index contributed by atoms with van der Waals surface area (Å²) in [4.78, 5) is 20.2. The summed E-state index contributed by atoms with van der Waals surface area (Å²) in [6.45, 7) is 0.738. The highest BCUT2D eigenvalue weighted by atomic mass is 16.2. The van der Waals surface area contributed by atoms with E-state index in [2.05, 4.69) is 43.4 Å². The largest absolute Gasteiger partial charge is 0.333 e. The van der Waals surface area contributed by atoms with Crippen LogP contribution in [0.2, 0.25) is 0 Å². The van der Waals surface area contributed by atoms with Crippen molar-refractivity contribution in [1.82, 2.24) is 30.5 Å². The number of urea groups is 1. The highest BCUT2D eigenvalue weighted by Gasteiger charge is 2.25. The van der Waals surface area contributed by atoms with Crippen LogP contribution in [0.15, 0.2) is 55.0 Å². The van der Waals surface area contributed by atoms with E-state index in [0.717, 1.165) is 31.4 Å². The fourth-order valence-corrected chi connectivity index (χ4v) is 3.33. The van der Waals surface area contributed by atoms with Crippen LogP contribution in [0.5, 0.6) is 0 Å². The van der Waals surface area contributed by atoms with E-state index >= 15 is 0 Å². The molecule has 8 nitrogen and oxygen atoms in total. The molecule has 0 saturated heterocycles. The molecule has 0 radical (unpaired) electrons. The predicted octanol–water partition coefficient (Wildman–Crippen LogP) is 2.43. The number of benzene rings is 1. The number of hydrogen-bond donors (Lipinski definition) is 3. The van der Waals surface area contributed by atoms with Gasteiger partial charge in [-0.25, -0.2) is 20.2 Å². The number of carbonyl (C=O) groups is 1. The van der Waals surface area contributed by atoms with Gasteiger partial charge >= 0.3 is 6.03 Å². The number of rotatable bonds is 5. The summed E-state index contributed by atoms with van der Waals surface area (Å²) < 4.78 is 2.03. The highest BCUT2D eigenvalue weighted by Crippen LogP contribution is 2.29. The van der Waals surface area contributed by atoms with Crippen molar-refractivity contribution >= 4 is 12.0 Å². The molecule has 3 aromatic rings. The van der Waals surface area contributed by atoms with Gasteiger partial charge in [-0.2, -0.15) is 5.10 Å². The molecular formula is C19H21N7O. The van der Waals surface area contributed by atoms with Crippen molar-refractivity contribution in [1.29, 1.82) is 0 Å². The highest BCUT2D eigenvalue weighted by molar-refractivity contribution is 5.75. The van der Waals surface area contributed by atoms with Crippen LogP contribution in [0.1, 0.15) is 35.7 Å². The molecule has 0 spiro atoms. The summed E-state index contributed by atoms with van der Waals surface area (Å²) in [6, 6.07) is 11.6. The average Bonchev–Trinajstić information content (AvgIpc) is 3.12. The Kier molecular flexibility index (Phi) is 4.95. The number of carbonyl (C=O) groups excluding carboxylic acids is 1. The van der Waals surface area contributed by atoms with Crippen molar-refractivity contribution in [3.63, 3.8) is 0 Å². The first-order chi connectivity index (χ1) is 13.3. The fourth-order valence-electron chi connectivity index (χ4n) is 3.33. The standard InChI is InChI=1S/C19H21N7O/c27-19(25-24-18-20-10-5-11-21-18)23-16-8-4-9-17-15(16)12-22-26(17)13-14-6-2-1-3-7-14/h1-3,5-7,10-12,16H,4,8-9,13H2,(H,20,21,24)(H2,23,25,27). The number of fused-ring (bicyclic) bond motifs is 1. The number of aromatic nitrogens is 4. The van der Waals surface area contributed by atoms with Gasteiger partial charge in [0, 0.05) is 23.7 Å².